The lowest BCUT2D eigenvalue weighted by atomic mass is 10.1. The molecule has 0 aliphatic rings. The zero-order valence-corrected chi connectivity index (χ0v) is 14.6. The van der Waals surface area contributed by atoms with Gasteiger partial charge in [0.25, 0.3) is 11.8 Å². The Morgan fingerprint density at radius 2 is 1.35 bits per heavy atom. The van der Waals surface area contributed by atoms with E-state index in [9.17, 15) is 9.59 Å². The molecule has 0 fully saturated rings. The van der Waals surface area contributed by atoms with Crippen molar-refractivity contribution in [2.75, 3.05) is 10.6 Å². The fourth-order valence-electron chi connectivity index (χ4n) is 2.54. The zero-order valence-electron chi connectivity index (χ0n) is 14.6. The molecule has 0 saturated carbocycles. The molecule has 2 aromatic carbocycles. The third kappa shape index (κ3) is 4.33. The van der Waals surface area contributed by atoms with Gasteiger partial charge in [-0.25, -0.2) is 0 Å². The molecule has 0 spiro atoms. The summed E-state index contributed by atoms with van der Waals surface area (Å²) in [7, 11) is 0. The summed E-state index contributed by atoms with van der Waals surface area (Å²) < 4.78 is 0. The van der Waals surface area contributed by atoms with Crippen LogP contribution in [0.25, 0.3) is 0 Å². The first-order valence-electron chi connectivity index (χ1n) is 8.23. The second kappa shape index (κ2) is 7.61. The molecule has 0 atom stereocenters. The summed E-state index contributed by atoms with van der Waals surface area (Å²) >= 11 is 0. The Balaban J connectivity index is 1.75. The van der Waals surface area contributed by atoms with Crippen molar-refractivity contribution in [1.82, 2.24) is 4.98 Å². The highest BCUT2D eigenvalue weighted by molar-refractivity contribution is 6.07. The minimum Gasteiger partial charge on any atom is -0.322 e. The molecule has 0 aliphatic heterocycles. The predicted octanol–water partition coefficient (Wildman–Crippen LogP) is 4.20. The average Bonchev–Trinajstić information content (AvgIpc) is 2.62. The zero-order chi connectivity index (χ0) is 18.5. The topological polar surface area (TPSA) is 71.1 Å². The maximum absolute atomic E-state index is 12.4. The smallest absolute Gasteiger partial charge is 0.274 e. The highest BCUT2D eigenvalue weighted by Gasteiger charge is 2.12. The standard InChI is InChI=1S/C21H19N3O2/c1-14-5-3-7-17(11-14)23-20(25)16-9-10-22-19(13-16)21(26)24-18-8-4-6-15(2)12-18/h3-13H,1-2H3,(H,23,25)(H,24,26). The van der Waals surface area contributed by atoms with Crippen molar-refractivity contribution < 1.29 is 9.59 Å². The lowest BCUT2D eigenvalue weighted by molar-refractivity contribution is 0.102. The number of aryl methyl sites for hydroxylation is 2. The van der Waals surface area contributed by atoms with Gasteiger partial charge < -0.3 is 10.6 Å². The van der Waals surface area contributed by atoms with Gasteiger partial charge in [-0.1, -0.05) is 24.3 Å². The second-order valence-corrected chi connectivity index (χ2v) is 6.08. The van der Waals surface area contributed by atoms with Gasteiger partial charge in [0.15, 0.2) is 0 Å². The minimum atomic E-state index is -0.360. The number of anilines is 2. The van der Waals surface area contributed by atoms with Gasteiger partial charge in [-0.2, -0.15) is 0 Å². The maximum Gasteiger partial charge on any atom is 0.274 e. The Kier molecular flexibility index (Phi) is 5.08. The molecule has 0 aliphatic carbocycles. The van der Waals surface area contributed by atoms with Gasteiger partial charge in [0.05, 0.1) is 0 Å². The molecule has 5 nitrogen and oxygen atoms in total. The molecule has 0 unspecified atom stereocenters. The third-order valence-corrected chi connectivity index (χ3v) is 3.81. The second-order valence-electron chi connectivity index (χ2n) is 6.08. The van der Waals surface area contributed by atoms with Crippen LogP contribution in [0.4, 0.5) is 11.4 Å². The fourth-order valence-corrected chi connectivity index (χ4v) is 2.54. The van der Waals surface area contributed by atoms with Crippen molar-refractivity contribution in [3.8, 4) is 0 Å². The summed E-state index contributed by atoms with van der Waals surface area (Å²) in [6.45, 7) is 3.90. The van der Waals surface area contributed by atoms with Crippen LogP contribution >= 0.6 is 0 Å². The Labute approximate surface area is 152 Å². The largest absolute Gasteiger partial charge is 0.322 e. The molecule has 26 heavy (non-hydrogen) atoms. The van der Waals surface area contributed by atoms with E-state index in [1.165, 1.54) is 12.3 Å². The average molecular weight is 345 g/mol. The Bertz CT molecular complexity index is 892. The molecule has 0 radical (unpaired) electrons. The number of amides is 2. The van der Waals surface area contributed by atoms with E-state index in [1.54, 1.807) is 12.1 Å². The van der Waals surface area contributed by atoms with E-state index in [0.717, 1.165) is 11.1 Å². The van der Waals surface area contributed by atoms with Gasteiger partial charge in [0.2, 0.25) is 0 Å². The number of nitrogens with zero attached hydrogens (tertiary/aromatic N) is 1. The van der Waals surface area contributed by atoms with Gasteiger partial charge in [0.1, 0.15) is 5.69 Å². The summed E-state index contributed by atoms with van der Waals surface area (Å²) in [5.74, 6) is -0.650. The highest BCUT2D eigenvalue weighted by Crippen LogP contribution is 2.14. The molecule has 3 rings (SSSR count). The van der Waals surface area contributed by atoms with E-state index >= 15 is 0 Å². The van der Waals surface area contributed by atoms with Crippen LogP contribution < -0.4 is 10.6 Å². The van der Waals surface area contributed by atoms with Crippen molar-refractivity contribution in [1.29, 1.82) is 0 Å². The Morgan fingerprint density at radius 1 is 0.769 bits per heavy atom. The third-order valence-electron chi connectivity index (χ3n) is 3.81. The molecule has 1 aromatic heterocycles. The summed E-state index contributed by atoms with van der Waals surface area (Å²) in [5, 5.41) is 5.61. The van der Waals surface area contributed by atoms with Crippen LogP contribution in [0.5, 0.6) is 0 Å². The van der Waals surface area contributed by atoms with E-state index in [-0.39, 0.29) is 17.5 Å². The SMILES string of the molecule is Cc1cccc(NC(=O)c2ccnc(C(=O)Nc3cccc(C)c3)c2)c1. The van der Waals surface area contributed by atoms with Gasteiger partial charge in [-0.3, -0.25) is 14.6 Å². The number of nitrogens with one attached hydrogen (secondary N) is 2. The summed E-state index contributed by atoms with van der Waals surface area (Å²) in [6, 6.07) is 18.1. The van der Waals surface area contributed by atoms with Gasteiger partial charge in [-0.15, -0.1) is 0 Å². The van der Waals surface area contributed by atoms with Crippen LogP contribution in [0.15, 0.2) is 66.9 Å². The van der Waals surface area contributed by atoms with Crippen LogP contribution in [0.1, 0.15) is 32.0 Å². The number of benzene rings is 2. The Hall–Kier alpha value is -3.47. The number of carbonyl (C=O) groups excluding carboxylic acids is 2. The lowest BCUT2D eigenvalue weighted by Crippen LogP contribution is -2.17. The highest BCUT2D eigenvalue weighted by atomic mass is 16.2. The summed E-state index contributed by atoms with van der Waals surface area (Å²) in [5.41, 5.74) is 4.04. The van der Waals surface area contributed by atoms with E-state index in [1.807, 2.05) is 56.3 Å². The van der Waals surface area contributed by atoms with E-state index in [4.69, 9.17) is 0 Å². The summed E-state index contributed by atoms with van der Waals surface area (Å²) in [6.07, 6.45) is 1.45. The van der Waals surface area contributed by atoms with Gasteiger partial charge in [-0.05, 0) is 61.4 Å². The normalized spacial score (nSPS) is 10.2. The van der Waals surface area contributed by atoms with Crippen molar-refractivity contribution in [3.05, 3.63) is 89.2 Å². The molecule has 1 heterocycles. The van der Waals surface area contributed by atoms with Crippen LogP contribution in [0, 0.1) is 13.8 Å². The van der Waals surface area contributed by atoms with Gasteiger partial charge in [0, 0.05) is 23.1 Å². The number of rotatable bonds is 4. The molecule has 130 valence electrons. The lowest BCUT2D eigenvalue weighted by Gasteiger charge is -2.08. The quantitative estimate of drug-likeness (QED) is 0.744. The monoisotopic (exact) mass is 345 g/mol. The van der Waals surface area contributed by atoms with Crippen LogP contribution in [0.2, 0.25) is 0 Å². The van der Waals surface area contributed by atoms with E-state index in [2.05, 4.69) is 15.6 Å². The van der Waals surface area contributed by atoms with Crippen molar-refractivity contribution in [3.63, 3.8) is 0 Å². The Morgan fingerprint density at radius 3 is 1.92 bits per heavy atom. The van der Waals surface area contributed by atoms with Crippen LogP contribution in [0.3, 0.4) is 0 Å². The molecule has 0 bridgehead atoms. The molecule has 5 heteroatoms. The molecular weight excluding hydrogens is 326 g/mol. The first-order valence-corrected chi connectivity index (χ1v) is 8.23. The van der Waals surface area contributed by atoms with Crippen molar-refractivity contribution in [2.24, 2.45) is 0 Å². The number of hydrogen-bond acceptors (Lipinski definition) is 3. The fraction of sp³-hybridized carbons (Fsp3) is 0.0952. The predicted molar refractivity (Wildman–Crippen MR) is 103 cm³/mol. The number of aromatic nitrogens is 1. The molecule has 3 aromatic rings. The minimum absolute atomic E-state index is 0.184. The molecule has 2 amide bonds. The number of pyridine rings is 1. The molecule has 0 saturated heterocycles. The molecule has 2 N–H and O–H groups in total. The van der Waals surface area contributed by atoms with Gasteiger partial charge >= 0.3 is 0 Å². The van der Waals surface area contributed by atoms with Crippen molar-refractivity contribution >= 4 is 23.2 Å². The number of carbonyl (C=O) groups is 2. The van der Waals surface area contributed by atoms with Crippen LogP contribution in [-0.2, 0) is 0 Å². The maximum atomic E-state index is 12.4. The first-order chi connectivity index (χ1) is 12.5. The van der Waals surface area contributed by atoms with Crippen molar-refractivity contribution in [2.45, 2.75) is 13.8 Å². The van der Waals surface area contributed by atoms with E-state index in [0.29, 0.717) is 16.9 Å². The first kappa shape index (κ1) is 17.4. The number of hydrogen-bond donors (Lipinski definition) is 2. The van der Waals surface area contributed by atoms with E-state index < -0.39 is 0 Å². The van der Waals surface area contributed by atoms with Crippen LogP contribution in [-0.4, -0.2) is 16.8 Å². The molecular formula is C21H19N3O2. The summed E-state index contributed by atoms with van der Waals surface area (Å²) in [4.78, 5) is 28.9.